The first kappa shape index (κ1) is 20.9. The fraction of sp³-hybridized carbons (Fsp3) is 0.190. The molecule has 6 nitrogen and oxygen atoms in total. The average Bonchev–Trinajstić information content (AvgIpc) is 2.99. The fourth-order valence-corrected chi connectivity index (χ4v) is 4.39. The van der Waals surface area contributed by atoms with Crippen LogP contribution in [-0.2, 0) is 16.0 Å². The number of benzene rings is 2. The minimum absolute atomic E-state index is 0.165. The van der Waals surface area contributed by atoms with E-state index >= 15 is 0 Å². The van der Waals surface area contributed by atoms with Gasteiger partial charge in [0, 0.05) is 12.0 Å². The summed E-state index contributed by atoms with van der Waals surface area (Å²) in [5.74, 6) is -0.526. The minimum atomic E-state index is -1.11. The molecule has 0 aliphatic carbocycles. The number of ether oxygens (including phenoxy) is 2. The summed E-state index contributed by atoms with van der Waals surface area (Å²) in [5.41, 5.74) is 1.45. The predicted octanol–water partition coefficient (Wildman–Crippen LogP) is 3.60. The summed E-state index contributed by atoms with van der Waals surface area (Å²) in [6.07, 6.45) is 1.81. The van der Waals surface area contributed by atoms with Gasteiger partial charge in [-0.25, -0.2) is 4.79 Å². The molecule has 1 unspecified atom stereocenters. The molecular formula is C21H19NO5S2. The van der Waals surface area contributed by atoms with Gasteiger partial charge in [-0.1, -0.05) is 66.4 Å². The van der Waals surface area contributed by atoms with Crippen molar-refractivity contribution in [2.24, 2.45) is 0 Å². The van der Waals surface area contributed by atoms with Crippen LogP contribution in [0.3, 0.4) is 0 Å². The first-order valence-electron chi connectivity index (χ1n) is 8.71. The molecular weight excluding hydrogens is 410 g/mol. The van der Waals surface area contributed by atoms with E-state index in [2.05, 4.69) is 0 Å². The summed E-state index contributed by atoms with van der Waals surface area (Å²) in [6, 6.07) is 13.4. The molecule has 150 valence electrons. The van der Waals surface area contributed by atoms with Crippen molar-refractivity contribution in [2.75, 3.05) is 14.2 Å². The van der Waals surface area contributed by atoms with Gasteiger partial charge in [-0.3, -0.25) is 9.69 Å². The number of carboxylic acid groups (broad SMARTS) is 1. The van der Waals surface area contributed by atoms with Crippen LogP contribution < -0.4 is 9.47 Å². The molecule has 0 aromatic heterocycles. The quantitative estimate of drug-likeness (QED) is 0.532. The lowest BCUT2D eigenvalue weighted by Gasteiger charge is -2.23. The van der Waals surface area contributed by atoms with Gasteiger partial charge in [-0.15, -0.1) is 0 Å². The summed E-state index contributed by atoms with van der Waals surface area (Å²) in [4.78, 5) is 26.4. The lowest BCUT2D eigenvalue weighted by Crippen LogP contribution is -2.45. The summed E-state index contributed by atoms with van der Waals surface area (Å²) in [7, 11) is 3.04. The Morgan fingerprint density at radius 3 is 2.52 bits per heavy atom. The van der Waals surface area contributed by atoms with Crippen molar-refractivity contribution >= 4 is 46.3 Å². The molecule has 2 aromatic carbocycles. The first-order chi connectivity index (χ1) is 14.0. The zero-order valence-electron chi connectivity index (χ0n) is 15.8. The van der Waals surface area contributed by atoms with E-state index in [4.69, 9.17) is 21.7 Å². The Labute approximate surface area is 178 Å². The van der Waals surface area contributed by atoms with Crippen molar-refractivity contribution < 1.29 is 24.2 Å². The van der Waals surface area contributed by atoms with E-state index < -0.39 is 17.9 Å². The normalized spacial score (nSPS) is 16.2. The molecule has 3 rings (SSSR count). The Hall–Kier alpha value is -2.84. The zero-order chi connectivity index (χ0) is 21.0. The topological polar surface area (TPSA) is 76.1 Å². The largest absolute Gasteiger partial charge is 0.493 e. The molecule has 1 N–H and O–H groups in total. The number of methoxy groups -OCH3 is 2. The van der Waals surface area contributed by atoms with Crippen LogP contribution in [0.2, 0.25) is 0 Å². The second kappa shape index (κ2) is 9.11. The molecule has 0 bridgehead atoms. The number of aliphatic carboxylic acids is 1. The number of amides is 1. The number of carbonyl (C=O) groups excluding carboxylic acids is 1. The second-order valence-electron chi connectivity index (χ2n) is 6.18. The van der Waals surface area contributed by atoms with Gasteiger partial charge in [0.1, 0.15) is 10.4 Å². The van der Waals surface area contributed by atoms with E-state index in [-0.39, 0.29) is 10.7 Å². The van der Waals surface area contributed by atoms with Crippen molar-refractivity contribution in [1.29, 1.82) is 0 Å². The molecule has 29 heavy (non-hydrogen) atoms. The standard InChI is InChI=1S/C21H19NO5S2/c1-26-16-10-6-9-14(18(16)27-2)12-17-19(23)22(21(28)29-17)15(20(24)25)11-13-7-4-3-5-8-13/h3-10,12,15H,11H2,1-2H3,(H,24,25). The molecule has 0 saturated carbocycles. The molecule has 8 heteroatoms. The Bertz CT molecular complexity index is 974. The molecule has 1 fully saturated rings. The van der Waals surface area contributed by atoms with Crippen LogP contribution >= 0.6 is 24.0 Å². The van der Waals surface area contributed by atoms with Crippen LogP contribution in [0.1, 0.15) is 11.1 Å². The summed E-state index contributed by atoms with van der Waals surface area (Å²) >= 11 is 6.42. The van der Waals surface area contributed by atoms with E-state index in [0.717, 1.165) is 17.3 Å². The van der Waals surface area contributed by atoms with E-state index in [0.29, 0.717) is 22.0 Å². The number of hydrogen-bond donors (Lipinski definition) is 1. The van der Waals surface area contributed by atoms with Gasteiger partial charge in [-0.05, 0) is 17.7 Å². The van der Waals surface area contributed by atoms with Crippen molar-refractivity contribution in [1.82, 2.24) is 4.90 Å². The molecule has 1 aliphatic heterocycles. The molecule has 1 atom stereocenters. The third-order valence-corrected chi connectivity index (χ3v) is 5.74. The summed E-state index contributed by atoms with van der Waals surface area (Å²) in [5, 5.41) is 9.74. The number of thiocarbonyl (C=S) groups is 1. The maximum absolute atomic E-state index is 13.0. The lowest BCUT2D eigenvalue weighted by molar-refractivity contribution is -0.145. The van der Waals surface area contributed by atoms with Crippen LogP contribution in [-0.4, -0.2) is 46.5 Å². The summed E-state index contributed by atoms with van der Waals surface area (Å²) in [6.45, 7) is 0. The van der Waals surface area contributed by atoms with Crippen molar-refractivity contribution in [3.05, 3.63) is 64.6 Å². The van der Waals surface area contributed by atoms with Crippen molar-refractivity contribution in [3.63, 3.8) is 0 Å². The first-order valence-corrected chi connectivity index (χ1v) is 9.93. The Morgan fingerprint density at radius 2 is 1.90 bits per heavy atom. The SMILES string of the molecule is COc1cccc(C=C2SC(=S)N(C(Cc3ccccc3)C(=O)O)C2=O)c1OC. The smallest absolute Gasteiger partial charge is 0.327 e. The highest BCUT2D eigenvalue weighted by atomic mass is 32.2. The monoisotopic (exact) mass is 429 g/mol. The Balaban J connectivity index is 1.93. The van der Waals surface area contributed by atoms with E-state index in [1.54, 1.807) is 24.3 Å². The highest BCUT2D eigenvalue weighted by Gasteiger charge is 2.40. The van der Waals surface area contributed by atoms with Crippen LogP contribution in [0.4, 0.5) is 0 Å². The molecule has 1 saturated heterocycles. The number of para-hydroxylation sites is 1. The van der Waals surface area contributed by atoms with Crippen LogP contribution in [0.25, 0.3) is 6.08 Å². The average molecular weight is 430 g/mol. The molecule has 2 aromatic rings. The number of thioether (sulfide) groups is 1. The Kier molecular flexibility index (Phi) is 6.56. The maximum atomic E-state index is 13.0. The third-order valence-electron chi connectivity index (χ3n) is 4.41. The molecule has 1 aliphatic rings. The van der Waals surface area contributed by atoms with Gasteiger partial charge >= 0.3 is 5.97 Å². The van der Waals surface area contributed by atoms with Gasteiger partial charge in [-0.2, -0.15) is 0 Å². The van der Waals surface area contributed by atoms with Gasteiger partial charge in [0.25, 0.3) is 5.91 Å². The van der Waals surface area contributed by atoms with Gasteiger partial charge < -0.3 is 14.6 Å². The van der Waals surface area contributed by atoms with Crippen molar-refractivity contribution in [3.8, 4) is 11.5 Å². The summed E-state index contributed by atoms with van der Waals surface area (Å²) < 4.78 is 10.9. The van der Waals surface area contributed by atoms with Gasteiger partial charge in [0.05, 0.1) is 19.1 Å². The highest BCUT2D eigenvalue weighted by molar-refractivity contribution is 8.26. The fourth-order valence-electron chi connectivity index (χ4n) is 3.04. The molecule has 1 heterocycles. The predicted molar refractivity (Wildman–Crippen MR) is 116 cm³/mol. The molecule has 0 spiro atoms. The maximum Gasteiger partial charge on any atom is 0.327 e. The number of carbonyl (C=O) groups is 2. The number of rotatable bonds is 7. The van der Waals surface area contributed by atoms with Gasteiger partial charge in [0.15, 0.2) is 11.5 Å². The molecule has 0 radical (unpaired) electrons. The zero-order valence-corrected chi connectivity index (χ0v) is 17.5. The van der Waals surface area contributed by atoms with E-state index in [9.17, 15) is 14.7 Å². The third kappa shape index (κ3) is 4.44. The van der Waals surface area contributed by atoms with Crippen LogP contribution in [0, 0.1) is 0 Å². The Morgan fingerprint density at radius 1 is 1.17 bits per heavy atom. The molecule has 1 amide bonds. The highest BCUT2D eigenvalue weighted by Crippen LogP contribution is 2.38. The minimum Gasteiger partial charge on any atom is -0.493 e. The van der Waals surface area contributed by atoms with Crippen LogP contribution in [0.5, 0.6) is 11.5 Å². The second-order valence-corrected chi connectivity index (χ2v) is 7.85. The number of hydrogen-bond acceptors (Lipinski definition) is 6. The van der Waals surface area contributed by atoms with E-state index in [1.165, 1.54) is 19.1 Å². The number of carboxylic acids is 1. The van der Waals surface area contributed by atoms with E-state index in [1.807, 2.05) is 30.3 Å². The van der Waals surface area contributed by atoms with Crippen LogP contribution in [0.15, 0.2) is 53.4 Å². The number of nitrogens with zero attached hydrogens (tertiary/aromatic N) is 1. The van der Waals surface area contributed by atoms with Gasteiger partial charge in [0.2, 0.25) is 0 Å². The van der Waals surface area contributed by atoms with Crippen molar-refractivity contribution in [2.45, 2.75) is 12.5 Å². The lowest BCUT2D eigenvalue weighted by atomic mass is 10.0.